The number of nitrogens with two attached hydrogens (primary N) is 1. The van der Waals surface area contributed by atoms with Crippen LogP contribution in [0.1, 0.15) is 49.8 Å². The average molecular weight is 651 g/mol. The Morgan fingerprint density at radius 2 is 1.72 bits per heavy atom. The van der Waals surface area contributed by atoms with Crippen molar-refractivity contribution in [2.45, 2.75) is 56.9 Å². The lowest BCUT2D eigenvalue weighted by Crippen LogP contribution is -2.45. The van der Waals surface area contributed by atoms with Crippen LogP contribution in [-0.2, 0) is 13.2 Å². The fourth-order valence-electron chi connectivity index (χ4n) is 6.44. The van der Waals surface area contributed by atoms with Crippen molar-refractivity contribution >= 4 is 34.4 Å². The van der Waals surface area contributed by atoms with Gasteiger partial charge in [-0.05, 0) is 69.5 Å². The summed E-state index contributed by atoms with van der Waals surface area (Å²) in [5.74, 6) is 0.838. The molecule has 11 nitrogen and oxygen atoms in total. The number of carbonyl (C=O) groups excluding carboxylic acids is 1. The Hall–Kier alpha value is -4.27. The van der Waals surface area contributed by atoms with Gasteiger partial charge in [-0.15, -0.1) is 0 Å². The van der Waals surface area contributed by atoms with E-state index in [1.165, 1.54) is 12.1 Å². The Morgan fingerprint density at radius 1 is 0.979 bits per heavy atom. The molecule has 47 heavy (non-hydrogen) atoms. The molecule has 1 aliphatic carbocycles. The van der Waals surface area contributed by atoms with E-state index in [-0.39, 0.29) is 23.1 Å². The van der Waals surface area contributed by atoms with Gasteiger partial charge in [0.05, 0.1) is 16.8 Å². The summed E-state index contributed by atoms with van der Waals surface area (Å²) in [7, 11) is 3.75. The standard InChI is InChI=1S/C33H41F3N10O/c1-20(46-14-12-44(2)13-15-46)26-10-9-25(17-27(26)33(34,35)36)40-32(47)42-30-18-29(45(3)43-30)21-4-11-28-22(16-21)19-38-31(41-28)39-24-7-5-23(37)6-8-24/h4,9-11,16-20,23-24H,5-8,12-15,37H2,1-3H3,(H,38,39,41)(H2,40,42,43,47)/t20?,23-,24-. The number of aromatic nitrogens is 4. The Bertz CT molecular complexity index is 1730. The summed E-state index contributed by atoms with van der Waals surface area (Å²) >= 11 is 0. The van der Waals surface area contributed by atoms with Crippen molar-refractivity contribution < 1.29 is 18.0 Å². The summed E-state index contributed by atoms with van der Waals surface area (Å²) in [5, 5.41) is 13.8. The second kappa shape index (κ2) is 13.5. The van der Waals surface area contributed by atoms with Gasteiger partial charge in [0, 0.05) is 80.3 Å². The summed E-state index contributed by atoms with van der Waals surface area (Å²) in [5.41, 5.74) is 7.84. The van der Waals surface area contributed by atoms with Crippen molar-refractivity contribution in [1.29, 1.82) is 0 Å². The van der Waals surface area contributed by atoms with E-state index in [1.54, 1.807) is 30.9 Å². The molecule has 0 spiro atoms. The molecule has 3 heterocycles. The molecular formula is C33H41F3N10O. The molecule has 2 fully saturated rings. The maximum Gasteiger partial charge on any atom is 0.416 e. The number of nitrogens with one attached hydrogen (secondary N) is 3. The van der Waals surface area contributed by atoms with Gasteiger partial charge in [0.15, 0.2) is 5.82 Å². The Labute approximate surface area is 271 Å². The fourth-order valence-corrected chi connectivity index (χ4v) is 6.44. The predicted molar refractivity (Wildman–Crippen MR) is 177 cm³/mol. The zero-order chi connectivity index (χ0) is 33.3. The third kappa shape index (κ3) is 7.66. The molecule has 1 saturated carbocycles. The fraction of sp³-hybridized carbons (Fsp3) is 0.455. The number of likely N-dealkylation sites (N-methyl/N-ethyl adjacent to an activating group) is 1. The molecule has 2 amide bonds. The molecule has 1 saturated heterocycles. The van der Waals surface area contributed by atoms with Crippen LogP contribution in [0.15, 0.2) is 48.7 Å². The van der Waals surface area contributed by atoms with Crippen molar-refractivity contribution in [3.8, 4) is 11.3 Å². The summed E-state index contributed by atoms with van der Waals surface area (Å²) in [6, 6.07) is 10.9. The van der Waals surface area contributed by atoms with Crippen molar-refractivity contribution in [3.63, 3.8) is 0 Å². The second-order valence-corrected chi connectivity index (χ2v) is 12.7. The minimum atomic E-state index is -4.58. The van der Waals surface area contributed by atoms with Crippen LogP contribution < -0.4 is 21.7 Å². The molecular weight excluding hydrogens is 609 g/mol. The maximum atomic E-state index is 14.2. The molecule has 1 atom stereocenters. The molecule has 2 aromatic carbocycles. The monoisotopic (exact) mass is 650 g/mol. The number of hydrogen-bond donors (Lipinski definition) is 4. The topological polar surface area (TPSA) is 129 Å². The van der Waals surface area contributed by atoms with Crippen LogP contribution in [0.3, 0.4) is 0 Å². The highest BCUT2D eigenvalue weighted by Gasteiger charge is 2.36. The number of aryl methyl sites for hydroxylation is 1. The molecule has 14 heteroatoms. The van der Waals surface area contributed by atoms with Crippen LogP contribution in [-0.4, -0.2) is 80.9 Å². The lowest BCUT2D eigenvalue weighted by Gasteiger charge is -2.37. The lowest BCUT2D eigenvalue weighted by atomic mass is 9.92. The molecule has 4 aromatic rings. The first kappa shape index (κ1) is 32.7. The smallest absolute Gasteiger partial charge is 0.351 e. The van der Waals surface area contributed by atoms with E-state index in [2.05, 4.69) is 40.8 Å². The van der Waals surface area contributed by atoms with Crippen molar-refractivity contribution in [2.24, 2.45) is 12.8 Å². The molecule has 2 aliphatic rings. The minimum Gasteiger partial charge on any atom is -0.351 e. The van der Waals surface area contributed by atoms with E-state index >= 15 is 0 Å². The molecule has 250 valence electrons. The zero-order valence-corrected chi connectivity index (χ0v) is 26.8. The van der Waals surface area contributed by atoms with Gasteiger partial charge >= 0.3 is 12.2 Å². The van der Waals surface area contributed by atoms with Crippen LogP contribution in [0.25, 0.3) is 22.2 Å². The SMILES string of the molecule is CC(c1ccc(NC(=O)Nc2cc(-c3ccc4nc(N[C@H]5CC[C@H](N)CC5)ncc4c3)n(C)n2)cc1C(F)(F)F)N1CCN(C)CC1. The van der Waals surface area contributed by atoms with Gasteiger partial charge in [-0.25, -0.2) is 14.8 Å². The summed E-state index contributed by atoms with van der Waals surface area (Å²) < 4.78 is 44.1. The maximum absolute atomic E-state index is 14.2. The summed E-state index contributed by atoms with van der Waals surface area (Å²) in [4.78, 5) is 26.3. The van der Waals surface area contributed by atoms with Crippen LogP contribution >= 0.6 is 0 Å². The highest BCUT2D eigenvalue weighted by molar-refractivity contribution is 5.99. The number of fused-ring (bicyclic) bond motifs is 1. The van der Waals surface area contributed by atoms with E-state index in [0.717, 1.165) is 67.0 Å². The van der Waals surface area contributed by atoms with Crippen molar-refractivity contribution in [1.82, 2.24) is 29.5 Å². The average Bonchev–Trinajstić information content (AvgIpc) is 3.40. The van der Waals surface area contributed by atoms with Crippen LogP contribution in [0, 0.1) is 0 Å². The Kier molecular flexibility index (Phi) is 9.35. The minimum absolute atomic E-state index is 0.0377. The van der Waals surface area contributed by atoms with Crippen LogP contribution in [0.2, 0.25) is 0 Å². The van der Waals surface area contributed by atoms with Crippen molar-refractivity contribution in [2.75, 3.05) is 49.2 Å². The largest absolute Gasteiger partial charge is 0.416 e. The number of nitrogens with zero attached hydrogens (tertiary/aromatic N) is 6. The number of piperazine rings is 1. The number of anilines is 3. The number of benzene rings is 2. The molecule has 1 unspecified atom stereocenters. The van der Waals surface area contributed by atoms with E-state index in [4.69, 9.17) is 5.73 Å². The number of halogens is 3. The molecule has 0 radical (unpaired) electrons. The Balaban J connectivity index is 1.12. The lowest BCUT2D eigenvalue weighted by molar-refractivity contribution is -0.138. The van der Waals surface area contributed by atoms with Gasteiger partial charge in [-0.1, -0.05) is 12.1 Å². The molecule has 6 rings (SSSR count). The van der Waals surface area contributed by atoms with E-state index in [0.29, 0.717) is 25.1 Å². The van der Waals surface area contributed by atoms with Gasteiger partial charge in [0.2, 0.25) is 5.95 Å². The third-order valence-electron chi connectivity index (χ3n) is 9.25. The zero-order valence-electron chi connectivity index (χ0n) is 26.8. The highest BCUT2D eigenvalue weighted by atomic mass is 19.4. The van der Waals surface area contributed by atoms with Gasteiger partial charge in [-0.2, -0.15) is 18.3 Å². The van der Waals surface area contributed by atoms with Gasteiger partial charge in [0.25, 0.3) is 0 Å². The summed E-state index contributed by atoms with van der Waals surface area (Å²) in [6.07, 6.45) is 1.16. The first-order valence-electron chi connectivity index (χ1n) is 16.0. The number of hydrogen-bond acceptors (Lipinski definition) is 8. The first-order chi connectivity index (χ1) is 22.4. The first-order valence-corrected chi connectivity index (χ1v) is 16.0. The number of rotatable bonds is 7. The third-order valence-corrected chi connectivity index (χ3v) is 9.25. The quantitative estimate of drug-likeness (QED) is 0.201. The van der Waals surface area contributed by atoms with Crippen LogP contribution in [0.4, 0.5) is 35.4 Å². The predicted octanol–water partition coefficient (Wildman–Crippen LogP) is 5.68. The normalized spacial score (nSPS) is 20.2. The number of urea groups is 1. The van der Waals surface area contributed by atoms with E-state index < -0.39 is 23.8 Å². The summed E-state index contributed by atoms with van der Waals surface area (Å²) in [6.45, 7) is 4.76. The molecule has 0 bridgehead atoms. The molecule has 1 aliphatic heterocycles. The number of amides is 2. The van der Waals surface area contributed by atoms with Crippen molar-refractivity contribution in [3.05, 3.63) is 59.8 Å². The number of alkyl halides is 3. The second-order valence-electron chi connectivity index (χ2n) is 12.7. The number of carbonyl (C=O) groups is 1. The molecule has 5 N–H and O–H groups in total. The van der Waals surface area contributed by atoms with E-state index in [9.17, 15) is 18.0 Å². The van der Waals surface area contributed by atoms with Gasteiger partial charge < -0.3 is 21.3 Å². The molecule has 2 aromatic heterocycles. The Morgan fingerprint density at radius 3 is 2.45 bits per heavy atom. The van der Waals surface area contributed by atoms with Gasteiger partial charge in [-0.3, -0.25) is 14.9 Å². The highest BCUT2D eigenvalue weighted by Crippen LogP contribution is 2.38. The van der Waals surface area contributed by atoms with E-state index in [1.807, 2.05) is 25.2 Å². The van der Waals surface area contributed by atoms with Crippen LogP contribution in [0.5, 0.6) is 0 Å². The van der Waals surface area contributed by atoms with Gasteiger partial charge in [0.1, 0.15) is 0 Å².